The van der Waals surface area contributed by atoms with Gasteiger partial charge in [-0.05, 0) is 39.2 Å². The van der Waals surface area contributed by atoms with E-state index in [0.29, 0.717) is 19.6 Å². The molecule has 1 fully saturated rings. The minimum atomic E-state index is -0.613. The van der Waals surface area contributed by atoms with Crippen molar-refractivity contribution in [2.75, 3.05) is 13.1 Å². The lowest BCUT2D eigenvalue weighted by molar-refractivity contribution is 0.0101. The van der Waals surface area contributed by atoms with Crippen LogP contribution >= 0.6 is 0 Å². The molecule has 0 radical (unpaired) electrons. The van der Waals surface area contributed by atoms with Gasteiger partial charge in [-0.2, -0.15) is 0 Å². The van der Waals surface area contributed by atoms with Crippen LogP contribution in [-0.2, 0) is 11.3 Å². The predicted molar refractivity (Wildman–Crippen MR) is 87.9 cm³/mol. The molecule has 3 heterocycles. The quantitative estimate of drug-likeness (QED) is 0.838. The van der Waals surface area contributed by atoms with Gasteiger partial charge in [-0.25, -0.2) is 4.79 Å². The number of hydrogen-bond donors (Lipinski definition) is 1. The van der Waals surface area contributed by atoms with Crippen LogP contribution in [0.15, 0.2) is 16.9 Å². The highest BCUT2D eigenvalue weighted by Gasteiger charge is 2.38. The van der Waals surface area contributed by atoms with Crippen LogP contribution in [0.25, 0.3) is 0 Å². The summed E-state index contributed by atoms with van der Waals surface area (Å²) in [5, 5.41) is 0. The average Bonchev–Trinajstić information content (AvgIpc) is 2.46. The molecule has 2 aliphatic rings. The lowest BCUT2D eigenvalue weighted by atomic mass is 9.83. The molecule has 7 heteroatoms. The van der Waals surface area contributed by atoms with Gasteiger partial charge in [-0.1, -0.05) is 0 Å². The van der Waals surface area contributed by atoms with Gasteiger partial charge in [0.1, 0.15) is 5.60 Å². The van der Waals surface area contributed by atoms with Crippen molar-refractivity contribution >= 4 is 12.0 Å². The molecule has 0 saturated carbocycles. The van der Waals surface area contributed by atoms with E-state index in [1.165, 1.54) is 6.07 Å². The summed E-state index contributed by atoms with van der Waals surface area (Å²) in [6, 6.07) is 2.97. The van der Waals surface area contributed by atoms with Gasteiger partial charge >= 0.3 is 6.09 Å². The summed E-state index contributed by atoms with van der Waals surface area (Å²) in [6.07, 6.45) is 0.556. The predicted octanol–water partition coefficient (Wildman–Crippen LogP) is 1.30. The van der Waals surface area contributed by atoms with E-state index in [4.69, 9.17) is 10.5 Å². The second-order valence-corrected chi connectivity index (χ2v) is 7.67. The Hall–Kier alpha value is -2.31. The smallest absolute Gasteiger partial charge is 0.410 e. The minimum absolute atomic E-state index is 0.0111. The highest BCUT2D eigenvalue weighted by atomic mass is 16.6. The van der Waals surface area contributed by atoms with Crippen LogP contribution < -0.4 is 11.3 Å². The molecular weight excluding hydrogens is 310 g/mol. The molecule has 2 N–H and O–H groups in total. The number of aromatic nitrogens is 1. The van der Waals surface area contributed by atoms with Gasteiger partial charge in [0.2, 0.25) is 5.91 Å². The Morgan fingerprint density at radius 3 is 2.54 bits per heavy atom. The topological polar surface area (TPSA) is 94.6 Å². The zero-order valence-electron chi connectivity index (χ0n) is 14.2. The number of nitrogens with two attached hydrogens (primary N) is 1. The van der Waals surface area contributed by atoms with Crippen molar-refractivity contribution in [3.05, 3.63) is 33.7 Å². The Morgan fingerprint density at radius 1 is 1.21 bits per heavy atom. The van der Waals surface area contributed by atoms with Gasteiger partial charge in [0.15, 0.2) is 0 Å². The molecule has 1 saturated heterocycles. The van der Waals surface area contributed by atoms with Crippen LogP contribution in [0.5, 0.6) is 0 Å². The molecule has 7 nitrogen and oxygen atoms in total. The summed E-state index contributed by atoms with van der Waals surface area (Å²) < 4.78 is 7.17. The number of fused-ring (bicyclic) bond motifs is 4. The number of carbonyl (C=O) groups excluding carboxylic acids is 2. The Kier molecular flexibility index (Phi) is 3.89. The zero-order valence-corrected chi connectivity index (χ0v) is 14.2. The van der Waals surface area contributed by atoms with Gasteiger partial charge in [0.25, 0.3) is 5.56 Å². The maximum absolute atomic E-state index is 12.4. The average molecular weight is 333 g/mol. The SMILES string of the molecule is CC(C)(C)OC(=O)N1CC2CC(C1)c1cc(C(N)=O)cc(=O)n1C2. The molecule has 3 rings (SSSR count). The molecule has 1 aromatic heterocycles. The fourth-order valence-corrected chi connectivity index (χ4v) is 3.58. The maximum Gasteiger partial charge on any atom is 0.410 e. The first kappa shape index (κ1) is 16.5. The van der Waals surface area contributed by atoms with E-state index in [1.54, 1.807) is 15.5 Å². The Morgan fingerprint density at radius 2 is 1.92 bits per heavy atom. The van der Waals surface area contributed by atoms with Gasteiger partial charge < -0.3 is 19.9 Å². The number of ether oxygens (including phenoxy) is 1. The lowest BCUT2D eigenvalue weighted by Crippen LogP contribution is -2.50. The summed E-state index contributed by atoms with van der Waals surface area (Å²) in [4.78, 5) is 37.8. The summed E-state index contributed by atoms with van der Waals surface area (Å²) in [5.74, 6) is -0.393. The van der Waals surface area contributed by atoms with Crippen LogP contribution in [-0.4, -0.2) is 40.2 Å². The molecule has 0 spiro atoms. The van der Waals surface area contributed by atoms with Crippen molar-refractivity contribution in [3.8, 4) is 0 Å². The summed E-state index contributed by atoms with van der Waals surface area (Å²) in [6.45, 7) is 7.11. The molecular formula is C17H23N3O4. The fourth-order valence-electron chi connectivity index (χ4n) is 3.58. The number of nitrogens with zero attached hydrogens (tertiary/aromatic N) is 2. The fraction of sp³-hybridized carbons (Fsp3) is 0.588. The first-order valence-electron chi connectivity index (χ1n) is 8.16. The maximum atomic E-state index is 12.4. The largest absolute Gasteiger partial charge is 0.444 e. The van der Waals surface area contributed by atoms with E-state index in [-0.39, 0.29) is 29.1 Å². The molecule has 2 atom stereocenters. The van der Waals surface area contributed by atoms with Crippen LogP contribution in [0.4, 0.5) is 4.79 Å². The van der Waals surface area contributed by atoms with Crippen molar-refractivity contribution in [1.29, 1.82) is 0 Å². The van der Waals surface area contributed by atoms with Gasteiger partial charge in [-0.15, -0.1) is 0 Å². The van der Waals surface area contributed by atoms with Gasteiger partial charge in [0, 0.05) is 42.9 Å². The van der Waals surface area contributed by atoms with Crippen molar-refractivity contribution in [2.45, 2.75) is 45.3 Å². The first-order valence-corrected chi connectivity index (χ1v) is 8.16. The third kappa shape index (κ3) is 3.16. The monoisotopic (exact) mass is 333 g/mol. The Labute approximate surface area is 140 Å². The van der Waals surface area contributed by atoms with E-state index >= 15 is 0 Å². The van der Waals surface area contributed by atoms with Crippen LogP contribution in [0.3, 0.4) is 0 Å². The molecule has 0 aliphatic carbocycles. The number of amides is 2. The van der Waals surface area contributed by atoms with Crippen molar-refractivity contribution in [2.24, 2.45) is 11.7 Å². The number of likely N-dealkylation sites (tertiary alicyclic amines) is 1. The van der Waals surface area contributed by atoms with Crippen molar-refractivity contribution < 1.29 is 14.3 Å². The van der Waals surface area contributed by atoms with E-state index in [2.05, 4.69) is 0 Å². The standard InChI is InChI=1S/C17H23N3O4/c1-17(2,3)24-16(23)19-7-10-4-12(9-19)13-5-11(15(18)22)6-14(21)20(13)8-10/h5-6,10,12H,4,7-9H2,1-3H3,(H2,18,22). The van der Waals surface area contributed by atoms with E-state index in [9.17, 15) is 14.4 Å². The second-order valence-electron chi connectivity index (χ2n) is 7.67. The van der Waals surface area contributed by atoms with Crippen molar-refractivity contribution in [1.82, 2.24) is 9.47 Å². The molecule has 2 amide bonds. The molecule has 1 aromatic rings. The van der Waals surface area contributed by atoms with E-state index in [1.807, 2.05) is 20.8 Å². The lowest BCUT2D eigenvalue weighted by Gasteiger charge is -2.42. The molecule has 2 bridgehead atoms. The number of piperidine rings is 1. The van der Waals surface area contributed by atoms with E-state index < -0.39 is 11.5 Å². The molecule has 2 aliphatic heterocycles. The first-order chi connectivity index (χ1) is 11.1. The minimum Gasteiger partial charge on any atom is -0.444 e. The summed E-state index contributed by atoms with van der Waals surface area (Å²) in [5.41, 5.74) is 5.57. The van der Waals surface area contributed by atoms with Crippen LogP contribution in [0.2, 0.25) is 0 Å². The third-order valence-corrected chi connectivity index (χ3v) is 4.49. The highest BCUT2D eigenvalue weighted by molar-refractivity contribution is 5.92. The van der Waals surface area contributed by atoms with Gasteiger partial charge in [-0.3, -0.25) is 9.59 Å². The van der Waals surface area contributed by atoms with Crippen LogP contribution in [0, 0.1) is 5.92 Å². The summed E-state index contributed by atoms with van der Waals surface area (Å²) >= 11 is 0. The number of primary amides is 1. The number of hydrogen-bond acceptors (Lipinski definition) is 4. The Bertz CT molecular complexity index is 747. The molecule has 2 unspecified atom stereocenters. The Balaban J connectivity index is 1.89. The normalized spacial score (nSPS) is 22.7. The number of carbonyl (C=O) groups is 2. The second kappa shape index (κ2) is 5.65. The zero-order chi connectivity index (χ0) is 17.6. The van der Waals surface area contributed by atoms with Crippen LogP contribution in [0.1, 0.15) is 49.2 Å². The van der Waals surface area contributed by atoms with Crippen molar-refractivity contribution in [3.63, 3.8) is 0 Å². The molecule has 130 valence electrons. The number of rotatable bonds is 1. The molecule has 24 heavy (non-hydrogen) atoms. The molecule has 0 aromatic carbocycles. The highest BCUT2D eigenvalue weighted by Crippen LogP contribution is 2.35. The summed E-state index contributed by atoms with van der Waals surface area (Å²) in [7, 11) is 0. The third-order valence-electron chi connectivity index (χ3n) is 4.49. The van der Waals surface area contributed by atoms with Gasteiger partial charge in [0.05, 0.1) is 0 Å². The number of pyridine rings is 1. The van der Waals surface area contributed by atoms with E-state index in [0.717, 1.165) is 12.1 Å².